The first-order valence-corrected chi connectivity index (χ1v) is 8.06. The molecule has 0 radical (unpaired) electrons. The van der Waals surface area contributed by atoms with Crippen LogP contribution in [0.15, 0.2) is 24.3 Å². The quantitative estimate of drug-likeness (QED) is 0.799. The monoisotopic (exact) mass is 349 g/mol. The van der Waals surface area contributed by atoms with E-state index in [-0.39, 0.29) is 12.1 Å². The maximum atomic E-state index is 13.4. The summed E-state index contributed by atoms with van der Waals surface area (Å²) in [5, 5.41) is 17.6. The van der Waals surface area contributed by atoms with E-state index in [1.54, 1.807) is 7.11 Å². The van der Waals surface area contributed by atoms with Gasteiger partial charge in [0, 0.05) is 24.9 Å². The summed E-state index contributed by atoms with van der Waals surface area (Å²) in [6.45, 7) is 6.53. The molecule has 25 heavy (non-hydrogen) atoms. The van der Waals surface area contributed by atoms with Gasteiger partial charge >= 0.3 is 0 Å². The standard InChI is InChI=1S/C18H24FN3O3/c1-12-16(13(2)22(21-12)8-9-25-4)11-20-17(23)18(3,24)14-6-5-7-15(19)10-14/h5-7,10,24H,8-9,11H2,1-4H3,(H,20,23)/t18-/m0/s1. The highest BCUT2D eigenvalue weighted by atomic mass is 19.1. The number of rotatable bonds is 7. The third kappa shape index (κ3) is 4.24. The molecule has 1 aromatic heterocycles. The Morgan fingerprint density at radius 3 is 2.80 bits per heavy atom. The molecule has 7 heteroatoms. The zero-order chi connectivity index (χ0) is 18.6. The number of aryl methyl sites for hydroxylation is 1. The third-order valence-corrected chi connectivity index (χ3v) is 4.29. The fourth-order valence-electron chi connectivity index (χ4n) is 2.65. The normalized spacial score (nSPS) is 13.5. The number of hydrogen-bond donors (Lipinski definition) is 2. The molecular weight excluding hydrogens is 325 g/mol. The van der Waals surface area contributed by atoms with Crippen molar-refractivity contribution >= 4 is 5.91 Å². The molecule has 1 aromatic carbocycles. The zero-order valence-corrected chi connectivity index (χ0v) is 15.0. The molecule has 1 amide bonds. The van der Waals surface area contributed by atoms with Gasteiger partial charge in [-0.1, -0.05) is 12.1 Å². The minimum atomic E-state index is -1.82. The number of carbonyl (C=O) groups excluding carboxylic acids is 1. The molecule has 0 aliphatic carbocycles. The van der Waals surface area contributed by atoms with E-state index in [9.17, 15) is 14.3 Å². The largest absolute Gasteiger partial charge is 0.383 e. The lowest BCUT2D eigenvalue weighted by Crippen LogP contribution is -2.42. The number of aromatic nitrogens is 2. The van der Waals surface area contributed by atoms with Crippen molar-refractivity contribution in [1.82, 2.24) is 15.1 Å². The Balaban J connectivity index is 2.10. The summed E-state index contributed by atoms with van der Waals surface area (Å²) >= 11 is 0. The fourth-order valence-corrected chi connectivity index (χ4v) is 2.65. The Morgan fingerprint density at radius 1 is 1.44 bits per heavy atom. The molecule has 136 valence electrons. The van der Waals surface area contributed by atoms with Crippen molar-refractivity contribution in [2.75, 3.05) is 13.7 Å². The summed E-state index contributed by atoms with van der Waals surface area (Å²) in [5.74, 6) is -1.10. The van der Waals surface area contributed by atoms with Gasteiger partial charge in [-0.05, 0) is 38.5 Å². The number of ether oxygens (including phenoxy) is 1. The van der Waals surface area contributed by atoms with Crippen LogP contribution in [0.5, 0.6) is 0 Å². The number of nitrogens with zero attached hydrogens (tertiary/aromatic N) is 2. The Bertz CT molecular complexity index is 756. The van der Waals surface area contributed by atoms with Crippen molar-refractivity contribution in [3.8, 4) is 0 Å². The second-order valence-electron chi connectivity index (χ2n) is 6.13. The molecule has 0 spiro atoms. The van der Waals surface area contributed by atoms with E-state index in [0.29, 0.717) is 13.2 Å². The molecule has 0 fully saturated rings. The predicted octanol–water partition coefficient (Wildman–Crippen LogP) is 1.81. The molecule has 0 bridgehead atoms. The van der Waals surface area contributed by atoms with Crippen LogP contribution in [0, 0.1) is 19.7 Å². The van der Waals surface area contributed by atoms with Crippen LogP contribution >= 0.6 is 0 Å². The summed E-state index contributed by atoms with van der Waals surface area (Å²) in [4.78, 5) is 12.4. The highest BCUT2D eigenvalue weighted by Gasteiger charge is 2.32. The van der Waals surface area contributed by atoms with Gasteiger partial charge in [0.25, 0.3) is 5.91 Å². The van der Waals surface area contributed by atoms with Crippen LogP contribution in [0.1, 0.15) is 29.4 Å². The molecule has 0 unspecified atom stereocenters. The number of nitrogens with one attached hydrogen (secondary N) is 1. The van der Waals surface area contributed by atoms with E-state index in [1.165, 1.54) is 25.1 Å². The van der Waals surface area contributed by atoms with Crippen molar-refractivity contribution in [1.29, 1.82) is 0 Å². The number of aliphatic hydroxyl groups is 1. The van der Waals surface area contributed by atoms with Crippen molar-refractivity contribution in [2.24, 2.45) is 0 Å². The molecule has 6 nitrogen and oxygen atoms in total. The molecule has 1 atom stereocenters. The van der Waals surface area contributed by atoms with Gasteiger partial charge in [-0.15, -0.1) is 0 Å². The van der Waals surface area contributed by atoms with Crippen LogP contribution in [0.25, 0.3) is 0 Å². The average Bonchev–Trinajstić information content (AvgIpc) is 2.84. The first-order valence-electron chi connectivity index (χ1n) is 8.06. The Morgan fingerprint density at radius 2 is 2.16 bits per heavy atom. The average molecular weight is 349 g/mol. The Labute approximate surface area is 146 Å². The number of amides is 1. The molecular formula is C18H24FN3O3. The van der Waals surface area contributed by atoms with Gasteiger partial charge < -0.3 is 15.2 Å². The number of benzene rings is 1. The molecule has 0 aliphatic rings. The number of carbonyl (C=O) groups is 1. The summed E-state index contributed by atoms with van der Waals surface area (Å²) in [5.41, 5.74) is 1.00. The van der Waals surface area contributed by atoms with E-state index < -0.39 is 17.3 Å². The molecule has 0 aliphatic heterocycles. The van der Waals surface area contributed by atoms with Crippen LogP contribution in [-0.4, -0.2) is 34.5 Å². The van der Waals surface area contributed by atoms with Crippen molar-refractivity contribution < 1.29 is 19.0 Å². The highest BCUT2D eigenvalue weighted by Crippen LogP contribution is 2.22. The van der Waals surface area contributed by atoms with Gasteiger partial charge in [0.1, 0.15) is 5.82 Å². The minimum absolute atomic E-state index is 0.203. The third-order valence-electron chi connectivity index (χ3n) is 4.29. The molecule has 2 aromatic rings. The van der Waals surface area contributed by atoms with Gasteiger partial charge in [-0.3, -0.25) is 9.48 Å². The summed E-state index contributed by atoms with van der Waals surface area (Å²) < 4.78 is 20.2. The zero-order valence-electron chi connectivity index (χ0n) is 15.0. The van der Waals surface area contributed by atoms with Crippen molar-refractivity contribution in [3.63, 3.8) is 0 Å². The summed E-state index contributed by atoms with van der Waals surface area (Å²) in [6, 6.07) is 5.39. The number of methoxy groups -OCH3 is 1. The van der Waals surface area contributed by atoms with E-state index in [4.69, 9.17) is 4.74 Å². The van der Waals surface area contributed by atoms with Crippen LogP contribution < -0.4 is 5.32 Å². The topological polar surface area (TPSA) is 76.4 Å². The fraction of sp³-hybridized carbons (Fsp3) is 0.444. The lowest BCUT2D eigenvalue weighted by atomic mass is 9.95. The molecule has 0 saturated carbocycles. The first-order chi connectivity index (χ1) is 11.8. The lowest BCUT2D eigenvalue weighted by Gasteiger charge is -2.23. The van der Waals surface area contributed by atoms with Crippen LogP contribution in [0.2, 0.25) is 0 Å². The predicted molar refractivity (Wildman–Crippen MR) is 91.4 cm³/mol. The maximum absolute atomic E-state index is 13.4. The van der Waals surface area contributed by atoms with E-state index >= 15 is 0 Å². The smallest absolute Gasteiger partial charge is 0.256 e. The molecule has 2 N–H and O–H groups in total. The molecule has 1 heterocycles. The van der Waals surface area contributed by atoms with E-state index in [0.717, 1.165) is 23.0 Å². The van der Waals surface area contributed by atoms with E-state index in [2.05, 4.69) is 10.4 Å². The van der Waals surface area contributed by atoms with Crippen LogP contribution in [0.4, 0.5) is 4.39 Å². The van der Waals surface area contributed by atoms with Crippen molar-refractivity contribution in [3.05, 3.63) is 52.6 Å². The summed E-state index contributed by atoms with van der Waals surface area (Å²) in [7, 11) is 1.63. The molecule has 0 saturated heterocycles. The first kappa shape index (κ1) is 19.1. The van der Waals surface area contributed by atoms with Gasteiger partial charge in [-0.25, -0.2) is 4.39 Å². The SMILES string of the molecule is COCCn1nc(C)c(CNC(=O)[C@@](C)(O)c2cccc(F)c2)c1C. The van der Waals surface area contributed by atoms with Gasteiger partial charge in [-0.2, -0.15) is 5.10 Å². The van der Waals surface area contributed by atoms with Gasteiger partial charge in [0.15, 0.2) is 5.60 Å². The lowest BCUT2D eigenvalue weighted by molar-refractivity contribution is -0.139. The van der Waals surface area contributed by atoms with Gasteiger partial charge in [0.05, 0.1) is 18.8 Å². The second kappa shape index (κ2) is 7.76. The van der Waals surface area contributed by atoms with Crippen LogP contribution in [0.3, 0.4) is 0 Å². The van der Waals surface area contributed by atoms with Crippen LogP contribution in [-0.2, 0) is 28.2 Å². The maximum Gasteiger partial charge on any atom is 0.256 e. The van der Waals surface area contributed by atoms with Crippen molar-refractivity contribution in [2.45, 2.75) is 39.5 Å². The van der Waals surface area contributed by atoms with E-state index in [1.807, 2.05) is 18.5 Å². The Hall–Kier alpha value is -2.25. The second-order valence-corrected chi connectivity index (χ2v) is 6.13. The molecule has 2 rings (SSSR count). The number of hydrogen-bond acceptors (Lipinski definition) is 4. The summed E-state index contributed by atoms with van der Waals surface area (Å²) in [6.07, 6.45) is 0. The number of halogens is 1. The van der Waals surface area contributed by atoms with Gasteiger partial charge in [0.2, 0.25) is 0 Å². The Kier molecular flexibility index (Phi) is 5.92. The minimum Gasteiger partial charge on any atom is -0.383 e. The highest BCUT2D eigenvalue weighted by molar-refractivity contribution is 5.85.